The minimum Gasteiger partial charge on any atom is -0.379 e. The zero-order chi connectivity index (χ0) is 25.9. The summed E-state index contributed by atoms with van der Waals surface area (Å²) in [5.41, 5.74) is 4.06. The minimum atomic E-state index is -2.59. The zero-order valence-corrected chi connectivity index (χ0v) is 21.5. The second-order valence-corrected chi connectivity index (χ2v) is 11.0. The van der Waals surface area contributed by atoms with Crippen molar-refractivity contribution in [3.63, 3.8) is 0 Å². The van der Waals surface area contributed by atoms with Crippen LogP contribution in [0.5, 0.6) is 0 Å². The van der Waals surface area contributed by atoms with Crippen LogP contribution in [0.2, 0.25) is 0 Å². The van der Waals surface area contributed by atoms with Crippen LogP contribution < -0.4 is 5.32 Å². The maximum atomic E-state index is 13.6. The molecular weight excluding hydrogens is 490 g/mol. The monoisotopic (exact) mass is 522 g/mol. The smallest absolute Gasteiger partial charge is 0.252 e. The van der Waals surface area contributed by atoms with Crippen LogP contribution >= 0.6 is 0 Å². The molecule has 9 nitrogen and oxygen atoms in total. The Bertz CT molecular complexity index is 1460. The van der Waals surface area contributed by atoms with Gasteiger partial charge in [-0.2, -0.15) is 0 Å². The van der Waals surface area contributed by atoms with Crippen molar-refractivity contribution >= 4 is 22.6 Å². The molecule has 200 valence electrons. The lowest BCUT2D eigenvalue weighted by Crippen LogP contribution is -2.46. The van der Waals surface area contributed by atoms with Crippen molar-refractivity contribution in [2.45, 2.75) is 69.5 Å². The molecule has 0 radical (unpaired) electrons. The first kappa shape index (κ1) is 23.9. The van der Waals surface area contributed by atoms with Crippen molar-refractivity contribution in [1.82, 2.24) is 34.0 Å². The highest BCUT2D eigenvalue weighted by Gasteiger charge is 2.47. The number of halogens is 2. The summed E-state index contributed by atoms with van der Waals surface area (Å²) in [5, 5.41) is 8.26. The van der Waals surface area contributed by atoms with Gasteiger partial charge in [-0.15, -0.1) is 5.10 Å². The number of rotatable bonds is 5. The summed E-state index contributed by atoms with van der Waals surface area (Å²) in [6, 6.07) is 4.76. The summed E-state index contributed by atoms with van der Waals surface area (Å²) >= 11 is 0. The van der Waals surface area contributed by atoms with Gasteiger partial charge in [0.15, 0.2) is 5.65 Å². The molecule has 4 aromatic rings. The lowest BCUT2D eigenvalue weighted by Gasteiger charge is -2.38. The zero-order valence-electron chi connectivity index (χ0n) is 21.5. The quantitative estimate of drug-likeness (QED) is 0.414. The molecule has 0 aromatic carbocycles. The van der Waals surface area contributed by atoms with Gasteiger partial charge in [0.2, 0.25) is 5.95 Å². The average Bonchev–Trinajstić information content (AvgIpc) is 3.47. The highest BCUT2D eigenvalue weighted by Crippen LogP contribution is 2.47. The molecule has 0 amide bonds. The van der Waals surface area contributed by atoms with Crippen LogP contribution in [0.4, 0.5) is 14.7 Å². The van der Waals surface area contributed by atoms with Gasteiger partial charge < -0.3 is 14.6 Å². The molecule has 1 aliphatic heterocycles. The molecule has 2 saturated carbocycles. The third-order valence-electron chi connectivity index (χ3n) is 8.48. The van der Waals surface area contributed by atoms with Gasteiger partial charge >= 0.3 is 0 Å². The van der Waals surface area contributed by atoms with E-state index in [2.05, 4.69) is 25.2 Å². The summed E-state index contributed by atoms with van der Waals surface area (Å²) in [6.07, 6.45) is 9.79. The molecule has 2 aliphatic carbocycles. The van der Waals surface area contributed by atoms with Crippen molar-refractivity contribution in [2.24, 2.45) is 0 Å². The Labute approximate surface area is 219 Å². The number of aromatic nitrogens is 6. The molecule has 0 atom stereocenters. The Kier molecular flexibility index (Phi) is 5.81. The topological polar surface area (TPSA) is 85.4 Å². The largest absolute Gasteiger partial charge is 0.379 e. The normalized spacial score (nSPS) is 24.6. The third-order valence-corrected chi connectivity index (χ3v) is 8.48. The number of pyridine rings is 1. The summed E-state index contributed by atoms with van der Waals surface area (Å²) in [5.74, 6) is -1.25. The van der Waals surface area contributed by atoms with Crippen LogP contribution in [-0.2, 0) is 4.74 Å². The first-order valence-corrected chi connectivity index (χ1v) is 13.6. The van der Waals surface area contributed by atoms with Crippen molar-refractivity contribution in [3.05, 3.63) is 36.5 Å². The molecule has 3 fully saturated rings. The van der Waals surface area contributed by atoms with Crippen LogP contribution in [0.1, 0.15) is 50.4 Å². The number of anilines is 1. The van der Waals surface area contributed by atoms with E-state index in [4.69, 9.17) is 9.84 Å². The van der Waals surface area contributed by atoms with Gasteiger partial charge in [0.05, 0.1) is 30.4 Å². The minimum absolute atomic E-state index is 0.156. The maximum Gasteiger partial charge on any atom is 0.252 e. The fraction of sp³-hybridized carbons (Fsp3) is 0.556. The van der Waals surface area contributed by atoms with E-state index in [1.54, 1.807) is 6.20 Å². The summed E-state index contributed by atoms with van der Waals surface area (Å²) in [4.78, 5) is 16.3. The highest BCUT2D eigenvalue weighted by atomic mass is 19.3. The number of ether oxygens (including phenoxy) is 1. The number of aryl methyl sites for hydroxylation is 1. The second-order valence-electron chi connectivity index (χ2n) is 11.0. The van der Waals surface area contributed by atoms with Crippen molar-refractivity contribution in [2.75, 3.05) is 31.6 Å². The van der Waals surface area contributed by atoms with E-state index in [1.165, 1.54) is 12.8 Å². The van der Waals surface area contributed by atoms with E-state index >= 15 is 0 Å². The van der Waals surface area contributed by atoms with Gasteiger partial charge in [-0.1, -0.05) is 0 Å². The second kappa shape index (κ2) is 9.23. The molecule has 7 rings (SSSR count). The molecule has 38 heavy (non-hydrogen) atoms. The first-order chi connectivity index (χ1) is 18.4. The van der Waals surface area contributed by atoms with Crippen LogP contribution in [-0.4, -0.2) is 78.3 Å². The van der Waals surface area contributed by atoms with Crippen LogP contribution in [0.3, 0.4) is 0 Å². The van der Waals surface area contributed by atoms with E-state index in [1.807, 2.05) is 40.5 Å². The number of fused-ring (bicyclic) bond motifs is 2. The number of alkyl halides is 2. The van der Waals surface area contributed by atoms with E-state index < -0.39 is 5.92 Å². The molecule has 1 N–H and O–H groups in total. The van der Waals surface area contributed by atoms with Gasteiger partial charge in [-0.05, 0) is 44.7 Å². The van der Waals surface area contributed by atoms with Gasteiger partial charge in [0.25, 0.3) is 5.92 Å². The molecule has 0 spiro atoms. The molecule has 1 saturated heterocycles. The number of imidazole rings is 1. The van der Waals surface area contributed by atoms with Gasteiger partial charge in [-0.25, -0.2) is 28.2 Å². The van der Waals surface area contributed by atoms with E-state index in [-0.39, 0.29) is 18.9 Å². The van der Waals surface area contributed by atoms with Crippen molar-refractivity contribution in [3.8, 4) is 11.1 Å². The predicted octanol–water partition coefficient (Wildman–Crippen LogP) is 4.47. The number of morpholine rings is 1. The lowest BCUT2D eigenvalue weighted by molar-refractivity contribution is -0.103. The fourth-order valence-electron chi connectivity index (χ4n) is 6.43. The van der Waals surface area contributed by atoms with Crippen molar-refractivity contribution in [1.29, 1.82) is 0 Å². The van der Waals surface area contributed by atoms with Gasteiger partial charge in [0, 0.05) is 67.6 Å². The molecule has 5 heterocycles. The Balaban J connectivity index is 1.08. The van der Waals surface area contributed by atoms with Gasteiger partial charge in [0.1, 0.15) is 5.82 Å². The predicted molar refractivity (Wildman–Crippen MR) is 140 cm³/mol. The summed E-state index contributed by atoms with van der Waals surface area (Å²) in [7, 11) is 0. The van der Waals surface area contributed by atoms with Crippen LogP contribution in [0, 0.1) is 6.92 Å². The standard InChI is InChI=1S/C27H32F2N8O/c1-17-32-25-23(37(17)21-13-27(28,29)14-21)12-18(15-30-25)22-6-7-36-24(22)16-31-26(34-36)33-19-2-4-20(5-3-19)35-8-10-38-11-9-35/h6-7,12,15-16,19-21H,2-5,8-11,13-14H2,1H3,(H,33,34)/t19-,20+. The van der Waals surface area contributed by atoms with Crippen LogP contribution in [0.15, 0.2) is 30.7 Å². The number of hydrogen-bond acceptors (Lipinski definition) is 7. The SMILES string of the molecule is Cc1nc2ncc(-c3ccn4nc(N[C@H]5CC[C@@H](N6CCOCC6)CC5)ncc34)cc2n1C1CC(F)(F)C1. The number of hydrogen-bond donors (Lipinski definition) is 1. The average molecular weight is 523 g/mol. The highest BCUT2D eigenvalue weighted by molar-refractivity contribution is 5.85. The van der Waals surface area contributed by atoms with E-state index in [0.29, 0.717) is 29.5 Å². The molecule has 3 aliphatic rings. The molecule has 11 heteroatoms. The summed E-state index contributed by atoms with van der Waals surface area (Å²) in [6.45, 7) is 5.62. The molecule has 0 bridgehead atoms. The maximum absolute atomic E-state index is 13.6. The Morgan fingerprint density at radius 1 is 1.00 bits per heavy atom. The van der Waals surface area contributed by atoms with Crippen molar-refractivity contribution < 1.29 is 13.5 Å². The van der Waals surface area contributed by atoms with Crippen LogP contribution in [0.25, 0.3) is 27.8 Å². The Morgan fingerprint density at radius 3 is 2.55 bits per heavy atom. The molecule has 0 unspecified atom stereocenters. The number of nitrogens with one attached hydrogen (secondary N) is 1. The Morgan fingerprint density at radius 2 is 1.79 bits per heavy atom. The Hall–Kier alpha value is -3.18. The lowest BCUT2D eigenvalue weighted by atomic mass is 9.87. The number of nitrogens with zero attached hydrogens (tertiary/aromatic N) is 7. The first-order valence-electron chi connectivity index (χ1n) is 13.6. The van der Waals surface area contributed by atoms with E-state index in [0.717, 1.165) is 61.3 Å². The fourth-order valence-corrected chi connectivity index (χ4v) is 6.43. The summed E-state index contributed by atoms with van der Waals surface area (Å²) < 4.78 is 36.4. The van der Waals surface area contributed by atoms with E-state index in [9.17, 15) is 8.78 Å². The van der Waals surface area contributed by atoms with Gasteiger partial charge in [-0.3, -0.25) is 4.90 Å². The third kappa shape index (κ3) is 4.31. The molecule has 4 aromatic heterocycles. The molecular formula is C27H32F2N8O.